The van der Waals surface area contributed by atoms with Crippen molar-refractivity contribution >= 4 is 5.97 Å². The van der Waals surface area contributed by atoms with E-state index in [1.54, 1.807) is 0 Å². The van der Waals surface area contributed by atoms with E-state index in [0.29, 0.717) is 23.8 Å². The molecule has 0 radical (unpaired) electrons. The fourth-order valence-corrected chi connectivity index (χ4v) is 3.43. The topological polar surface area (TPSA) is 52.6 Å². The van der Waals surface area contributed by atoms with Gasteiger partial charge in [-0.2, -0.15) is 0 Å². The van der Waals surface area contributed by atoms with Crippen LogP contribution in [0.1, 0.15) is 59.3 Å². The summed E-state index contributed by atoms with van der Waals surface area (Å²) in [5, 5.41) is 12.6. The lowest BCUT2D eigenvalue weighted by Gasteiger charge is -2.46. The summed E-state index contributed by atoms with van der Waals surface area (Å²) >= 11 is 0. The molecule has 2 unspecified atom stereocenters. The molecule has 4 nitrogen and oxygen atoms in total. The van der Waals surface area contributed by atoms with E-state index in [-0.39, 0.29) is 0 Å². The van der Waals surface area contributed by atoms with E-state index in [9.17, 15) is 4.79 Å². The minimum Gasteiger partial charge on any atom is -0.481 e. The highest BCUT2D eigenvalue weighted by Crippen LogP contribution is 2.31. The normalized spacial score (nSPS) is 28.3. The summed E-state index contributed by atoms with van der Waals surface area (Å²) in [6.45, 7) is 10.1. The Morgan fingerprint density at radius 3 is 2.52 bits per heavy atom. The molecule has 1 heterocycles. The van der Waals surface area contributed by atoms with Crippen LogP contribution >= 0.6 is 0 Å². The van der Waals surface area contributed by atoms with Crippen LogP contribution in [0.25, 0.3) is 0 Å². The molecular formula is C17H32N2O2. The number of carbonyl (C=O) groups is 1. The Morgan fingerprint density at radius 2 is 2.00 bits per heavy atom. The molecule has 0 aromatic rings. The van der Waals surface area contributed by atoms with Crippen LogP contribution in [0.3, 0.4) is 0 Å². The van der Waals surface area contributed by atoms with Crippen molar-refractivity contribution in [2.45, 2.75) is 71.4 Å². The van der Waals surface area contributed by atoms with Crippen LogP contribution in [-0.4, -0.2) is 47.7 Å². The Morgan fingerprint density at radius 1 is 1.29 bits per heavy atom. The molecule has 2 N–H and O–H groups in total. The van der Waals surface area contributed by atoms with Gasteiger partial charge >= 0.3 is 5.97 Å². The van der Waals surface area contributed by atoms with Gasteiger partial charge in [0.1, 0.15) is 0 Å². The molecule has 0 spiro atoms. The summed E-state index contributed by atoms with van der Waals surface area (Å²) in [5.74, 6) is -0.122. The standard InChI is InChI=1S/C17H32N2O2/c1-17(2,3)12-18-14-9-13(7-8-16(20)21)10-19(11-14)15-5-4-6-15/h13-15,18H,4-12H2,1-3H3,(H,20,21). The molecular weight excluding hydrogens is 264 g/mol. The first-order valence-corrected chi connectivity index (χ1v) is 8.53. The Bertz CT molecular complexity index is 347. The minimum absolute atomic E-state index is 0.301. The van der Waals surface area contributed by atoms with Gasteiger partial charge in [-0.25, -0.2) is 0 Å². The molecule has 0 aromatic carbocycles. The van der Waals surface area contributed by atoms with Gasteiger partial charge in [0, 0.05) is 38.1 Å². The van der Waals surface area contributed by atoms with Crippen molar-refractivity contribution in [3.8, 4) is 0 Å². The molecule has 21 heavy (non-hydrogen) atoms. The van der Waals surface area contributed by atoms with Crippen molar-refractivity contribution < 1.29 is 9.90 Å². The van der Waals surface area contributed by atoms with E-state index >= 15 is 0 Å². The smallest absolute Gasteiger partial charge is 0.303 e. The summed E-state index contributed by atoms with van der Waals surface area (Å²) in [6, 6.07) is 1.29. The minimum atomic E-state index is -0.657. The van der Waals surface area contributed by atoms with E-state index in [4.69, 9.17) is 5.11 Å². The number of likely N-dealkylation sites (tertiary alicyclic amines) is 1. The monoisotopic (exact) mass is 296 g/mol. The maximum Gasteiger partial charge on any atom is 0.303 e. The van der Waals surface area contributed by atoms with Crippen LogP contribution in [0.15, 0.2) is 0 Å². The van der Waals surface area contributed by atoms with Crippen molar-refractivity contribution in [1.82, 2.24) is 10.2 Å². The summed E-state index contributed by atoms with van der Waals surface area (Å²) in [4.78, 5) is 13.5. The number of hydrogen-bond acceptors (Lipinski definition) is 3. The van der Waals surface area contributed by atoms with Crippen LogP contribution in [0.4, 0.5) is 0 Å². The molecule has 1 saturated carbocycles. The predicted molar refractivity (Wildman–Crippen MR) is 85.4 cm³/mol. The molecule has 2 fully saturated rings. The average Bonchev–Trinajstić information content (AvgIpc) is 2.31. The Balaban J connectivity index is 1.87. The van der Waals surface area contributed by atoms with Crippen LogP contribution in [0.5, 0.6) is 0 Å². The van der Waals surface area contributed by atoms with Crippen LogP contribution in [-0.2, 0) is 4.79 Å². The van der Waals surface area contributed by atoms with Crippen molar-refractivity contribution in [2.75, 3.05) is 19.6 Å². The van der Waals surface area contributed by atoms with Gasteiger partial charge in [-0.05, 0) is 37.0 Å². The molecule has 4 heteroatoms. The first kappa shape index (κ1) is 16.8. The van der Waals surface area contributed by atoms with Gasteiger partial charge in [0.15, 0.2) is 0 Å². The number of hydrogen-bond donors (Lipinski definition) is 2. The highest BCUT2D eigenvalue weighted by Gasteiger charge is 2.33. The van der Waals surface area contributed by atoms with Gasteiger partial charge in [0.05, 0.1) is 0 Å². The molecule has 2 aliphatic rings. The van der Waals surface area contributed by atoms with Gasteiger partial charge in [0.2, 0.25) is 0 Å². The van der Waals surface area contributed by atoms with Crippen LogP contribution < -0.4 is 5.32 Å². The number of carboxylic acids is 1. The lowest BCUT2D eigenvalue weighted by atomic mass is 9.84. The second kappa shape index (κ2) is 7.10. The Kier molecular flexibility index (Phi) is 5.67. The highest BCUT2D eigenvalue weighted by molar-refractivity contribution is 5.66. The van der Waals surface area contributed by atoms with E-state index in [0.717, 1.165) is 38.5 Å². The molecule has 1 aliphatic carbocycles. The zero-order valence-electron chi connectivity index (χ0n) is 13.9. The van der Waals surface area contributed by atoms with E-state index in [2.05, 4.69) is 31.0 Å². The zero-order chi connectivity index (χ0) is 15.5. The quantitative estimate of drug-likeness (QED) is 0.791. The first-order chi connectivity index (χ1) is 9.83. The van der Waals surface area contributed by atoms with Gasteiger partial charge in [-0.3, -0.25) is 9.69 Å². The molecule has 1 saturated heterocycles. The van der Waals surface area contributed by atoms with Crippen LogP contribution in [0.2, 0.25) is 0 Å². The van der Waals surface area contributed by atoms with E-state index in [1.165, 1.54) is 19.3 Å². The second-order valence-electron chi connectivity index (χ2n) is 8.21. The number of nitrogens with one attached hydrogen (secondary N) is 1. The number of carboxylic acid groups (broad SMARTS) is 1. The number of aliphatic carboxylic acids is 1. The molecule has 122 valence electrons. The maximum absolute atomic E-state index is 10.8. The summed E-state index contributed by atoms with van der Waals surface area (Å²) < 4.78 is 0. The van der Waals surface area contributed by atoms with Crippen molar-refractivity contribution in [1.29, 1.82) is 0 Å². The predicted octanol–water partition coefficient (Wildman–Crippen LogP) is 2.73. The number of rotatable bonds is 6. The number of nitrogens with zero attached hydrogens (tertiary/aromatic N) is 1. The molecule has 0 aromatic heterocycles. The molecule has 0 amide bonds. The Hall–Kier alpha value is -0.610. The fourth-order valence-electron chi connectivity index (χ4n) is 3.43. The number of piperidine rings is 1. The SMILES string of the molecule is CC(C)(C)CNC1CC(CCC(=O)O)CN(C2CCC2)C1. The van der Waals surface area contributed by atoms with Crippen molar-refractivity contribution in [3.63, 3.8) is 0 Å². The van der Waals surface area contributed by atoms with E-state index in [1.807, 2.05) is 0 Å². The summed E-state index contributed by atoms with van der Waals surface area (Å²) in [7, 11) is 0. The third-order valence-corrected chi connectivity index (χ3v) is 4.84. The summed E-state index contributed by atoms with van der Waals surface area (Å²) in [5.41, 5.74) is 0.301. The molecule has 2 atom stereocenters. The molecule has 2 rings (SSSR count). The molecule has 0 bridgehead atoms. The average molecular weight is 296 g/mol. The van der Waals surface area contributed by atoms with Gasteiger partial charge in [-0.1, -0.05) is 27.2 Å². The maximum atomic E-state index is 10.8. The fraction of sp³-hybridized carbons (Fsp3) is 0.941. The first-order valence-electron chi connectivity index (χ1n) is 8.53. The van der Waals surface area contributed by atoms with Gasteiger partial charge < -0.3 is 10.4 Å². The lowest BCUT2D eigenvalue weighted by molar-refractivity contribution is -0.137. The van der Waals surface area contributed by atoms with Crippen molar-refractivity contribution in [3.05, 3.63) is 0 Å². The lowest BCUT2D eigenvalue weighted by Crippen LogP contribution is -2.55. The van der Waals surface area contributed by atoms with Gasteiger partial charge in [-0.15, -0.1) is 0 Å². The highest BCUT2D eigenvalue weighted by atomic mass is 16.4. The summed E-state index contributed by atoms with van der Waals surface area (Å²) in [6.07, 6.45) is 6.30. The van der Waals surface area contributed by atoms with Gasteiger partial charge in [0.25, 0.3) is 0 Å². The second-order valence-corrected chi connectivity index (χ2v) is 8.21. The zero-order valence-corrected chi connectivity index (χ0v) is 13.9. The van der Waals surface area contributed by atoms with Crippen molar-refractivity contribution in [2.24, 2.45) is 11.3 Å². The van der Waals surface area contributed by atoms with E-state index < -0.39 is 5.97 Å². The molecule has 1 aliphatic heterocycles. The van der Waals surface area contributed by atoms with Crippen LogP contribution in [0, 0.1) is 11.3 Å². The third-order valence-electron chi connectivity index (χ3n) is 4.84. The Labute approximate surface area is 129 Å². The third kappa shape index (κ3) is 5.59. The largest absolute Gasteiger partial charge is 0.481 e.